The summed E-state index contributed by atoms with van der Waals surface area (Å²) in [5.74, 6) is 0. The van der Waals surface area contributed by atoms with Gasteiger partial charge < -0.3 is 0 Å². The molecule has 0 saturated heterocycles. The molecule has 1 aromatic carbocycles. The Bertz CT molecular complexity index is 417. The minimum Gasteiger partial charge on any atom is -0.206 e. The van der Waals surface area contributed by atoms with E-state index < -0.39 is 10.0 Å². The van der Waals surface area contributed by atoms with Crippen LogP contribution in [0.2, 0.25) is 0 Å². The second-order valence-electron chi connectivity index (χ2n) is 2.51. The zero-order valence-corrected chi connectivity index (χ0v) is 10.1. The van der Waals surface area contributed by atoms with Gasteiger partial charge in [-0.15, -0.1) is 0 Å². The number of hydrogen-bond donors (Lipinski definition) is 2. The zero-order valence-electron chi connectivity index (χ0n) is 6.78. The van der Waals surface area contributed by atoms with Crippen molar-refractivity contribution in [1.82, 2.24) is 4.13 Å². The van der Waals surface area contributed by atoms with Crippen molar-refractivity contribution in [2.45, 2.75) is 11.8 Å². The molecule has 0 amide bonds. The number of hydrogen-bond acceptors (Lipinski definition) is 3. The van der Waals surface area contributed by atoms with Gasteiger partial charge in [-0.3, -0.25) is 0 Å². The first-order valence-electron chi connectivity index (χ1n) is 3.39. The van der Waals surface area contributed by atoms with Gasteiger partial charge in [0.1, 0.15) is 0 Å². The van der Waals surface area contributed by atoms with Gasteiger partial charge in [-0.05, 0) is 30.7 Å². The molecule has 13 heavy (non-hydrogen) atoms. The van der Waals surface area contributed by atoms with Crippen LogP contribution in [0, 0.1) is 6.92 Å². The second kappa shape index (κ2) is 4.00. The van der Waals surface area contributed by atoms with Crippen molar-refractivity contribution in [2.75, 3.05) is 0 Å². The average Bonchev–Trinajstić information content (AvgIpc) is 2.09. The summed E-state index contributed by atoms with van der Waals surface area (Å²) in [5, 5.41) is 0. The monoisotopic (exact) mass is 281 g/mol. The van der Waals surface area contributed by atoms with Crippen molar-refractivity contribution in [2.24, 2.45) is 0 Å². The molecule has 0 heterocycles. The minimum absolute atomic E-state index is 0.211. The van der Waals surface area contributed by atoms with Crippen LogP contribution >= 0.6 is 28.7 Å². The van der Waals surface area contributed by atoms with Gasteiger partial charge in [0, 0.05) is 4.47 Å². The molecule has 1 aromatic rings. The Morgan fingerprint density at radius 3 is 2.54 bits per heavy atom. The van der Waals surface area contributed by atoms with E-state index in [0.717, 1.165) is 10.0 Å². The first-order valence-corrected chi connectivity index (χ1v) is 6.12. The van der Waals surface area contributed by atoms with Gasteiger partial charge in [-0.2, -0.15) is 4.13 Å². The third-order valence-corrected chi connectivity index (χ3v) is 4.29. The number of thiol groups is 1. The predicted octanol–water partition coefficient (Wildman–Crippen LogP) is 1.88. The lowest BCUT2D eigenvalue weighted by Gasteiger charge is -2.03. The minimum atomic E-state index is -3.44. The Morgan fingerprint density at radius 1 is 1.46 bits per heavy atom. The summed E-state index contributed by atoms with van der Waals surface area (Å²) in [6, 6.07) is 4.77. The summed E-state index contributed by atoms with van der Waals surface area (Å²) in [6.45, 7) is 1.82. The van der Waals surface area contributed by atoms with Crippen molar-refractivity contribution in [3.63, 3.8) is 0 Å². The van der Waals surface area contributed by atoms with Crippen LogP contribution in [0.4, 0.5) is 0 Å². The highest BCUT2D eigenvalue weighted by Gasteiger charge is 2.11. The molecule has 1 rings (SSSR count). The second-order valence-corrected chi connectivity index (χ2v) is 5.57. The average molecular weight is 282 g/mol. The molecule has 0 unspecified atom stereocenters. The number of sulfonamides is 1. The third-order valence-electron chi connectivity index (χ3n) is 1.56. The fraction of sp³-hybridized carbons (Fsp3) is 0.143. The summed E-state index contributed by atoms with van der Waals surface area (Å²) < 4.78 is 25.4. The maximum atomic E-state index is 11.3. The maximum absolute atomic E-state index is 11.3. The summed E-state index contributed by atoms with van der Waals surface area (Å²) in [7, 11) is -3.44. The molecule has 0 aliphatic rings. The fourth-order valence-electron chi connectivity index (χ4n) is 0.837. The highest BCUT2D eigenvalue weighted by Crippen LogP contribution is 2.19. The summed E-state index contributed by atoms with van der Waals surface area (Å²) >= 11 is 6.81. The molecule has 6 heteroatoms. The Labute approximate surface area is 91.3 Å². The Morgan fingerprint density at radius 2 is 2.08 bits per heavy atom. The van der Waals surface area contributed by atoms with E-state index in [-0.39, 0.29) is 4.90 Å². The number of aryl methyl sites for hydroxylation is 1. The van der Waals surface area contributed by atoms with E-state index in [1.165, 1.54) is 6.07 Å². The summed E-state index contributed by atoms with van der Waals surface area (Å²) in [4.78, 5) is 0.211. The molecular weight excluding hydrogens is 274 g/mol. The predicted molar refractivity (Wildman–Crippen MR) is 58.2 cm³/mol. The van der Waals surface area contributed by atoms with Crippen molar-refractivity contribution < 1.29 is 8.42 Å². The van der Waals surface area contributed by atoms with Crippen LogP contribution in [-0.4, -0.2) is 8.42 Å². The van der Waals surface area contributed by atoms with Crippen LogP contribution in [0.1, 0.15) is 5.56 Å². The molecule has 0 bridgehead atoms. The maximum Gasteiger partial charge on any atom is 0.249 e. The van der Waals surface area contributed by atoms with Crippen LogP contribution in [-0.2, 0) is 10.0 Å². The van der Waals surface area contributed by atoms with Crippen LogP contribution in [0.25, 0.3) is 0 Å². The van der Waals surface area contributed by atoms with Gasteiger partial charge in [-0.1, -0.05) is 28.7 Å². The number of halogens is 1. The Hall–Kier alpha value is -0.0400. The number of nitrogens with one attached hydrogen (secondary N) is 1. The SMILES string of the molecule is Cc1cc(S(=O)(=O)NS)ccc1Br. The van der Waals surface area contributed by atoms with Crippen LogP contribution in [0.5, 0.6) is 0 Å². The molecule has 0 aromatic heterocycles. The van der Waals surface area contributed by atoms with Crippen LogP contribution in [0.3, 0.4) is 0 Å². The lowest BCUT2D eigenvalue weighted by atomic mass is 10.2. The van der Waals surface area contributed by atoms with E-state index in [0.29, 0.717) is 0 Å². The first-order chi connectivity index (χ1) is 5.97. The quantitative estimate of drug-likeness (QED) is 0.814. The fourth-order valence-corrected chi connectivity index (χ4v) is 2.08. The van der Waals surface area contributed by atoms with Gasteiger partial charge in [0.25, 0.3) is 0 Å². The zero-order chi connectivity index (χ0) is 10.1. The van der Waals surface area contributed by atoms with Gasteiger partial charge in [0.15, 0.2) is 0 Å². The molecule has 72 valence electrons. The van der Waals surface area contributed by atoms with Gasteiger partial charge in [0.2, 0.25) is 10.0 Å². The van der Waals surface area contributed by atoms with Crippen molar-refractivity contribution in [3.8, 4) is 0 Å². The van der Waals surface area contributed by atoms with E-state index >= 15 is 0 Å². The van der Waals surface area contributed by atoms with Gasteiger partial charge in [-0.25, -0.2) is 8.42 Å². The van der Waals surface area contributed by atoms with E-state index in [2.05, 4.69) is 28.7 Å². The number of benzene rings is 1. The van der Waals surface area contributed by atoms with Crippen LogP contribution < -0.4 is 4.13 Å². The summed E-state index contributed by atoms with van der Waals surface area (Å²) in [6.07, 6.45) is 0. The molecular formula is C7H8BrNO2S2. The van der Waals surface area contributed by atoms with E-state index in [1.807, 2.05) is 11.1 Å². The lowest BCUT2D eigenvalue weighted by Crippen LogP contribution is -2.13. The normalized spacial score (nSPS) is 11.6. The van der Waals surface area contributed by atoms with Gasteiger partial charge >= 0.3 is 0 Å². The standard InChI is InChI=1S/C7H8BrNO2S2/c1-5-4-6(2-3-7(5)8)13(10,11)9-12/h2-4,9,12H,1H3. The number of rotatable bonds is 2. The molecule has 0 aliphatic heterocycles. The van der Waals surface area contributed by atoms with E-state index in [9.17, 15) is 8.42 Å². The van der Waals surface area contributed by atoms with Crippen molar-refractivity contribution in [3.05, 3.63) is 28.2 Å². The van der Waals surface area contributed by atoms with Crippen LogP contribution in [0.15, 0.2) is 27.6 Å². The van der Waals surface area contributed by atoms with Crippen molar-refractivity contribution in [1.29, 1.82) is 0 Å². The lowest BCUT2D eigenvalue weighted by molar-refractivity contribution is 0.594. The topological polar surface area (TPSA) is 46.2 Å². The highest BCUT2D eigenvalue weighted by molar-refractivity contribution is 9.10. The largest absolute Gasteiger partial charge is 0.249 e. The van der Waals surface area contributed by atoms with Gasteiger partial charge in [0.05, 0.1) is 4.90 Å². The molecule has 0 aliphatic carbocycles. The Kier molecular flexibility index (Phi) is 3.39. The first kappa shape index (κ1) is 11.0. The Balaban J connectivity index is 3.27. The smallest absolute Gasteiger partial charge is 0.206 e. The molecule has 0 spiro atoms. The highest BCUT2D eigenvalue weighted by atomic mass is 79.9. The molecule has 1 N–H and O–H groups in total. The third kappa shape index (κ3) is 2.46. The van der Waals surface area contributed by atoms with Crippen molar-refractivity contribution >= 4 is 38.8 Å². The molecule has 0 fully saturated rings. The molecule has 3 nitrogen and oxygen atoms in total. The molecule has 0 radical (unpaired) electrons. The molecule has 0 saturated carbocycles. The van der Waals surface area contributed by atoms with E-state index in [1.54, 1.807) is 12.1 Å². The summed E-state index contributed by atoms with van der Waals surface area (Å²) in [5.41, 5.74) is 0.865. The van der Waals surface area contributed by atoms with E-state index in [4.69, 9.17) is 0 Å². The molecule has 0 atom stereocenters.